The predicted octanol–water partition coefficient (Wildman–Crippen LogP) is 1.19. The van der Waals surface area contributed by atoms with Gasteiger partial charge in [0.2, 0.25) is 12.3 Å². The highest BCUT2D eigenvalue weighted by molar-refractivity contribution is 6.30. The molecular formula is C9H12ClN3O2. The summed E-state index contributed by atoms with van der Waals surface area (Å²) in [5.74, 6) is 0.348. The van der Waals surface area contributed by atoms with Gasteiger partial charge in [0.25, 0.3) is 0 Å². The molecule has 1 aliphatic carbocycles. The van der Waals surface area contributed by atoms with E-state index in [1.807, 2.05) is 0 Å². The van der Waals surface area contributed by atoms with Gasteiger partial charge < -0.3 is 9.84 Å². The van der Waals surface area contributed by atoms with Crippen LogP contribution in [-0.2, 0) is 10.3 Å². The first kappa shape index (κ1) is 10.4. The molecule has 1 aromatic heterocycles. The zero-order valence-corrected chi connectivity index (χ0v) is 9.12. The average Bonchev–Trinajstić information content (AvgIpc) is 2.63. The molecule has 1 atom stereocenters. The number of carbonyl (C=O) groups is 1. The average molecular weight is 230 g/mol. The molecule has 82 valence electrons. The Morgan fingerprint density at radius 2 is 2.47 bits per heavy atom. The van der Waals surface area contributed by atoms with Crippen LogP contribution in [0.1, 0.15) is 32.0 Å². The van der Waals surface area contributed by atoms with Crippen LogP contribution in [0.2, 0.25) is 0 Å². The molecule has 2 rings (SSSR count). The molecule has 0 spiro atoms. The Morgan fingerprint density at radius 3 is 2.87 bits per heavy atom. The van der Waals surface area contributed by atoms with Gasteiger partial charge in [0.05, 0.1) is 0 Å². The minimum Gasteiger partial charge on any atom is -0.343 e. The van der Waals surface area contributed by atoms with Crippen LogP contribution in [0.25, 0.3) is 0 Å². The lowest BCUT2D eigenvalue weighted by Crippen LogP contribution is -2.53. The first-order chi connectivity index (χ1) is 7.14. The molecule has 1 fully saturated rings. The number of hydrogen-bond donors (Lipinski definition) is 1. The Kier molecular flexibility index (Phi) is 2.65. The smallest absolute Gasteiger partial charge is 0.238 e. The molecule has 1 saturated carbocycles. The van der Waals surface area contributed by atoms with Gasteiger partial charge in [0.15, 0.2) is 5.82 Å². The van der Waals surface area contributed by atoms with Crippen LogP contribution in [0, 0.1) is 0 Å². The van der Waals surface area contributed by atoms with Crippen molar-refractivity contribution in [2.75, 3.05) is 0 Å². The number of hydrogen-bond acceptors (Lipinski definition) is 4. The molecule has 5 nitrogen and oxygen atoms in total. The fourth-order valence-electron chi connectivity index (χ4n) is 1.65. The van der Waals surface area contributed by atoms with Crippen molar-refractivity contribution in [2.24, 2.45) is 0 Å². The number of aromatic nitrogens is 2. The molecular weight excluding hydrogens is 218 g/mol. The van der Waals surface area contributed by atoms with Crippen molar-refractivity contribution >= 4 is 17.5 Å². The number of nitrogens with one attached hydrogen (secondary N) is 1. The molecule has 0 aliphatic heterocycles. The molecule has 0 radical (unpaired) electrons. The second-order valence-electron chi connectivity index (χ2n) is 3.80. The number of rotatable bonds is 3. The standard InChI is InChI=1S/C9H12ClN3O2/c1-6(10)7(14)12-9(3-2-4-9)8-11-5-15-13-8/h5-6H,2-4H2,1H3,(H,12,14). The lowest BCUT2D eigenvalue weighted by molar-refractivity contribution is -0.123. The maximum atomic E-state index is 11.5. The Balaban J connectivity index is 2.13. The highest BCUT2D eigenvalue weighted by atomic mass is 35.5. The van der Waals surface area contributed by atoms with Crippen molar-refractivity contribution < 1.29 is 9.32 Å². The first-order valence-corrected chi connectivity index (χ1v) is 5.31. The number of alkyl halides is 1. The van der Waals surface area contributed by atoms with Crippen molar-refractivity contribution in [1.29, 1.82) is 0 Å². The minimum absolute atomic E-state index is 0.193. The number of nitrogens with zero attached hydrogens (tertiary/aromatic N) is 2. The van der Waals surface area contributed by atoms with E-state index in [2.05, 4.69) is 15.5 Å². The molecule has 15 heavy (non-hydrogen) atoms. The lowest BCUT2D eigenvalue weighted by atomic mass is 9.76. The molecule has 0 aromatic carbocycles. The Labute approximate surface area is 92.2 Å². The summed E-state index contributed by atoms with van der Waals surface area (Å²) in [5, 5.41) is 6.11. The molecule has 1 heterocycles. The molecule has 1 aliphatic rings. The zero-order valence-electron chi connectivity index (χ0n) is 8.36. The molecule has 1 N–H and O–H groups in total. The van der Waals surface area contributed by atoms with Crippen LogP contribution in [-0.4, -0.2) is 21.4 Å². The van der Waals surface area contributed by atoms with Gasteiger partial charge in [-0.05, 0) is 26.2 Å². The van der Waals surface area contributed by atoms with Crippen molar-refractivity contribution in [1.82, 2.24) is 15.5 Å². The number of carbonyl (C=O) groups excluding carboxylic acids is 1. The van der Waals surface area contributed by atoms with Gasteiger partial charge in [-0.1, -0.05) is 5.16 Å². The van der Waals surface area contributed by atoms with Crippen molar-refractivity contribution in [3.05, 3.63) is 12.2 Å². The van der Waals surface area contributed by atoms with E-state index in [0.717, 1.165) is 19.3 Å². The van der Waals surface area contributed by atoms with Crippen molar-refractivity contribution in [3.8, 4) is 0 Å². The van der Waals surface area contributed by atoms with Gasteiger partial charge in [-0.25, -0.2) is 0 Å². The van der Waals surface area contributed by atoms with Crippen LogP contribution in [0.5, 0.6) is 0 Å². The number of halogens is 1. The van der Waals surface area contributed by atoms with Gasteiger partial charge in [-0.2, -0.15) is 4.98 Å². The summed E-state index contributed by atoms with van der Waals surface area (Å²) in [5.41, 5.74) is -0.451. The largest absolute Gasteiger partial charge is 0.343 e. The topological polar surface area (TPSA) is 68.0 Å². The SMILES string of the molecule is CC(Cl)C(=O)NC1(c2ncon2)CCC1. The molecule has 0 saturated heterocycles. The van der Waals surface area contributed by atoms with Gasteiger partial charge in [-0.3, -0.25) is 4.79 Å². The third-order valence-electron chi connectivity index (χ3n) is 2.72. The van der Waals surface area contributed by atoms with E-state index in [0.29, 0.717) is 5.82 Å². The van der Waals surface area contributed by atoms with Crippen LogP contribution < -0.4 is 5.32 Å². The van der Waals surface area contributed by atoms with E-state index < -0.39 is 10.9 Å². The summed E-state index contributed by atoms with van der Waals surface area (Å²) < 4.78 is 4.69. The number of amides is 1. The van der Waals surface area contributed by atoms with Crippen LogP contribution in [0.15, 0.2) is 10.9 Å². The molecule has 6 heteroatoms. The maximum absolute atomic E-state index is 11.5. The Hall–Kier alpha value is -1.10. The van der Waals surface area contributed by atoms with E-state index in [4.69, 9.17) is 16.1 Å². The molecule has 0 bridgehead atoms. The second-order valence-corrected chi connectivity index (χ2v) is 4.45. The maximum Gasteiger partial charge on any atom is 0.238 e. The van der Waals surface area contributed by atoms with Gasteiger partial charge >= 0.3 is 0 Å². The van der Waals surface area contributed by atoms with E-state index in [1.54, 1.807) is 6.92 Å². The van der Waals surface area contributed by atoms with Gasteiger partial charge in [0, 0.05) is 0 Å². The summed E-state index contributed by atoms with van der Waals surface area (Å²) >= 11 is 5.70. The van der Waals surface area contributed by atoms with Crippen molar-refractivity contribution in [2.45, 2.75) is 37.1 Å². The fourth-order valence-corrected chi connectivity index (χ4v) is 1.71. The summed E-state index contributed by atoms with van der Waals surface area (Å²) in [6.45, 7) is 1.64. The highest BCUT2D eigenvalue weighted by Crippen LogP contribution is 2.39. The Bertz CT molecular complexity index is 346. The van der Waals surface area contributed by atoms with Gasteiger partial charge in [-0.15, -0.1) is 11.6 Å². The first-order valence-electron chi connectivity index (χ1n) is 4.87. The molecule has 1 aromatic rings. The third-order valence-corrected chi connectivity index (χ3v) is 2.92. The zero-order chi connectivity index (χ0) is 10.9. The summed E-state index contributed by atoms with van der Waals surface area (Å²) in [6, 6.07) is 0. The summed E-state index contributed by atoms with van der Waals surface area (Å²) in [4.78, 5) is 15.5. The highest BCUT2D eigenvalue weighted by Gasteiger charge is 2.44. The van der Waals surface area contributed by atoms with Crippen LogP contribution in [0.3, 0.4) is 0 Å². The third kappa shape index (κ3) is 1.84. The lowest BCUT2D eigenvalue weighted by Gasteiger charge is -2.39. The van der Waals surface area contributed by atoms with Crippen LogP contribution in [0.4, 0.5) is 0 Å². The minimum atomic E-state index is -0.547. The fraction of sp³-hybridized carbons (Fsp3) is 0.667. The Morgan fingerprint density at radius 1 is 1.73 bits per heavy atom. The molecule has 1 amide bonds. The normalized spacial score (nSPS) is 20.4. The van der Waals surface area contributed by atoms with Crippen molar-refractivity contribution in [3.63, 3.8) is 0 Å². The summed E-state index contributed by atoms with van der Waals surface area (Å²) in [6.07, 6.45) is 3.99. The van der Waals surface area contributed by atoms with E-state index >= 15 is 0 Å². The summed E-state index contributed by atoms with van der Waals surface area (Å²) in [7, 11) is 0. The second kappa shape index (κ2) is 3.81. The van der Waals surface area contributed by atoms with E-state index in [-0.39, 0.29) is 5.91 Å². The van der Waals surface area contributed by atoms with E-state index in [1.165, 1.54) is 6.39 Å². The molecule has 1 unspecified atom stereocenters. The monoisotopic (exact) mass is 229 g/mol. The van der Waals surface area contributed by atoms with E-state index in [9.17, 15) is 4.79 Å². The van der Waals surface area contributed by atoms with Gasteiger partial charge in [0.1, 0.15) is 10.9 Å². The quantitative estimate of drug-likeness (QED) is 0.791. The predicted molar refractivity (Wildman–Crippen MR) is 53.3 cm³/mol. The van der Waals surface area contributed by atoms with Crippen LogP contribution >= 0.6 is 11.6 Å².